The minimum atomic E-state index is -1.22. The maximum absolute atomic E-state index is 15.4. The number of nitroso groups, excluding NO2 is 1. The highest BCUT2D eigenvalue weighted by atomic mass is 19.1. The van der Waals surface area contributed by atoms with Crippen LogP contribution >= 0.6 is 0 Å². The van der Waals surface area contributed by atoms with Crippen LogP contribution in [-0.2, 0) is 13.0 Å². The van der Waals surface area contributed by atoms with Gasteiger partial charge in [0.2, 0.25) is 5.43 Å². The maximum atomic E-state index is 15.4. The van der Waals surface area contributed by atoms with Crippen LogP contribution < -0.4 is 15.9 Å². The van der Waals surface area contributed by atoms with Crippen molar-refractivity contribution >= 4 is 33.5 Å². The first-order valence-electron chi connectivity index (χ1n) is 11.0. The molecule has 2 aromatic carbocycles. The number of imidazole rings is 1. The quantitative estimate of drug-likeness (QED) is 0.262. The van der Waals surface area contributed by atoms with Crippen molar-refractivity contribution in [3.8, 4) is 5.75 Å². The molecule has 1 aliphatic heterocycles. The number of pyridine rings is 1. The molecule has 0 saturated carbocycles. The molecular formula is C24H22FN5O4. The number of carbonyl (C=O) groups is 1. The molecule has 174 valence electrons. The van der Waals surface area contributed by atoms with E-state index in [-0.39, 0.29) is 29.5 Å². The van der Waals surface area contributed by atoms with E-state index in [0.29, 0.717) is 30.5 Å². The zero-order valence-corrected chi connectivity index (χ0v) is 18.5. The largest absolute Gasteiger partial charge is 0.489 e. The molecule has 0 saturated heterocycles. The van der Waals surface area contributed by atoms with E-state index in [9.17, 15) is 14.5 Å². The number of hydrogen-bond donors (Lipinski definition) is 1. The number of amides is 1. The molecule has 1 unspecified atom stereocenters. The summed E-state index contributed by atoms with van der Waals surface area (Å²) in [5, 5.41) is 2.19. The second-order valence-electron chi connectivity index (χ2n) is 8.48. The van der Waals surface area contributed by atoms with Gasteiger partial charge in [0.05, 0.1) is 40.0 Å². The van der Waals surface area contributed by atoms with Crippen molar-refractivity contribution in [2.45, 2.75) is 38.8 Å². The number of hydrogen-bond acceptors (Lipinski definition) is 6. The molecule has 1 amide bonds. The molecule has 34 heavy (non-hydrogen) atoms. The smallest absolute Gasteiger partial charge is 0.322 e. The topological polar surface area (TPSA) is 122 Å². The van der Waals surface area contributed by atoms with Gasteiger partial charge >= 0.3 is 5.91 Å². The number of nitrogens with zero attached hydrogens (tertiary/aromatic N) is 4. The van der Waals surface area contributed by atoms with Gasteiger partial charge < -0.3 is 19.6 Å². The normalized spacial score (nSPS) is 14.9. The number of aryl methyl sites for hydroxylation is 1. The van der Waals surface area contributed by atoms with E-state index in [1.807, 2.05) is 31.2 Å². The van der Waals surface area contributed by atoms with Gasteiger partial charge in [-0.25, -0.2) is 9.37 Å². The van der Waals surface area contributed by atoms with E-state index in [1.54, 1.807) is 10.9 Å². The first-order valence-corrected chi connectivity index (χ1v) is 11.0. The molecule has 1 aliphatic rings. The lowest BCUT2D eigenvalue weighted by Gasteiger charge is -2.29. The third-order valence-electron chi connectivity index (χ3n) is 6.36. The van der Waals surface area contributed by atoms with Crippen LogP contribution in [0.2, 0.25) is 0 Å². The summed E-state index contributed by atoms with van der Waals surface area (Å²) in [6.45, 7) is 2.75. The number of fused-ring (bicyclic) bond motifs is 1. The van der Waals surface area contributed by atoms with E-state index in [1.165, 1.54) is 6.20 Å². The molecule has 2 aromatic heterocycles. The van der Waals surface area contributed by atoms with Gasteiger partial charge in [-0.3, -0.25) is 9.59 Å². The summed E-state index contributed by atoms with van der Waals surface area (Å²) in [4.78, 5) is 40.0. The first kappa shape index (κ1) is 21.7. The van der Waals surface area contributed by atoms with Crippen LogP contribution in [0, 0.1) is 10.7 Å². The molecule has 2 N–H and O–H groups in total. The summed E-state index contributed by atoms with van der Waals surface area (Å²) in [5.74, 6) is -1.70. The molecule has 10 heteroatoms. The number of halogens is 1. The summed E-state index contributed by atoms with van der Waals surface area (Å²) in [6, 6.07) is 7.59. The van der Waals surface area contributed by atoms with Crippen molar-refractivity contribution < 1.29 is 13.9 Å². The fourth-order valence-corrected chi connectivity index (χ4v) is 4.61. The molecule has 1 atom stereocenters. The number of anilines is 1. The summed E-state index contributed by atoms with van der Waals surface area (Å²) < 4.78 is 25.0. The van der Waals surface area contributed by atoms with Crippen LogP contribution in [0.3, 0.4) is 0 Å². The van der Waals surface area contributed by atoms with Crippen LogP contribution in [0.1, 0.15) is 41.7 Å². The Morgan fingerprint density at radius 2 is 2.12 bits per heavy atom. The Kier molecular flexibility index (Phi) is 5.35. The lowest BCUT2D eigenvalue weighted by atomic mass is 9.98. The van der Waals surface area contributed by atoms with Crippen LogP contribution in [0.25, 0.3) is 21.9 Å². The van der Waals surface area contributed by atoms with E-state index < -0.39 is 22.7 Å². The molecule has 0 bridgehead atoms. The Bertz CT molecular complexity index is 1520. The lowest BCUT2D eigenvalue weighted by Crippen LogP contribution is -2.28. The van der Waals surface area contributed by atoms with Crippen LogP contribution in [0.15, 0.2) is 46.8 Å². The molecule has 5 rings (SSSR count). The van der Waals surface area contributed by atoms with Crippen LogP contribution in [-0.4, -0.2) is 26.6 Å². The maximum Gasteiger partial charge on any atom is 0.322 e. The summed E-state index contributed by atoms with van der Waals surface area (Å²) in [5.41, 5.74) is 7.03. The Morgan fingerprint density at radius 3 is 2.91 bits per heavy atom. The second-order valence-corrected chi connectivity index (χ2v) is 8.48. The number of ether oxygens (including phenoxy) is 1. The Hall–Kier alpha value is -4.08. The van der Waals surface area contributed by atoms with Gasteiger partial charge in [0.1, 0.15) is 17.9 Å². The van der Waals surface area contributed by atoms with Gasteiger partial charge in [-0.15, -0.1) is 4.91 Å². The summed E-state index contributed by atoms with van der Waals surface area (Å²) >= 11 is 0. The fraction of sp³-hybridized carbons (Fsp3) is 0.292. The fourth-order valence-electron chi connectivity index (χ4n) is 4.61. The molecule has 9 nitrogen and oxygen atoms in total. The average Bonchev–Trinajstić information content (AvgIpc) is 3.26. The zero-order chi connectivity index (χ0) is 24.0. The Morgan fingerprint density at radius 1 is 1.32 bits per heavy atom. The van der Waals surface area contributed by atoms with E-state index >= 15 is 4.39 Å². The van der Waals surface area contributed by atoms with E-state index in [2.05, 4.69) is 14.7 Å². The molecule has 0 spiro atoms. The van der Waals surface area contributed by atoms with Gasteiger partial charge in [-0.2, -0.15) is 0 Å². The third-order valence-corrected chi connectivity index (χ3v) is 6.36. The number of rotatable bonds is 6. The van der Waals surface area contributed by atoms with Gasteiger partial charge in [-0.1, -0.05) is 12.1 Å². The molecule has 0 aliphatic carbocycles. The number of aromatic nitrogens is 3. The number of para-hydroxylation sites is 2. The molecule has 4 aromatic rings. The number of nitrogen functional groups attached to an aromatic ring is 1. The van der Waals surface area contributed by atoms with Gasteiger partial charge in [-0.05, 0) is 38.3 Å². The molecule has 0 radical (unpaired) electrons. The first-order chi connectivity index (χ1) is 16.4. The minimum absolute atomic E-state index is 0.165. The van der Waals surface area contributed by atoms with E-state index in [4.69, 9.17) is 10.5 Å². The number of benzene rings is 2. The average molecular weight is 463 g/mol. The highest BCUT2D eigenvalue weighted by Gasteiger charge is 2.30. The van der Waals surface area contributed by atoms with Gasteiger partial charge in [0.15, 0.2) is 5.82 Å². The van der Waals surface area contributed by atoms with Crippen molar-refractivity contribution in [3.05, 3.63) is 68.9 Å². The highest BCUT2D eigenvalue weighted by molar-refractivity contribution is 6.03. The van der Waals surface area contributed by atoms with E-state index in [0.717, 1.165) is 17.5 Å². The van der Waals surface area contributed by atoms with Crippen molar-refractivity contribution in [3.63, 3.8) is 0 Å². The standard InChI is InChI=1S/C24H22FN5O4/c1-13-11-34-23-14(6-4-5-9-29-12-27-16-7-2-3-8-17(16)29)19(25)20(26)18-21(23)30(13)10-15(22(18)31)24(32)28-33/h2-3,7-8,10,12-13H,4-6,9,11,26H2,1H3. The third kappa shape index (κ3) is 3.33. The number of carbonyl (C=O) groups excluding carboxylic acids is 1. The molecular weight excluding hydrogens is 441 g/mol. The Labute approximate surface area is 192 Å². The zero-order valence-electron chi connectivity index (χ0n) is 18.5. The molecule has 3 heterocycles. The van der Waals surface area contributed by atoms with Crippen molar-refractivity contribution in [1.82, 2.24) is 14.1 Å². The van der Waals surface area contributed by atoms with Crippen molar-refractivity contribution in [2.24, 2.45) is 5.18 Å². The van der Waals surface area contributed by atoms with Crippen LogP contribution in [0.4, 0.5) is 10.1 Å². The summed E-state index contributed by atoms with van der Waals surface area (Å²) in [6.07, 6.45) is 4.84. The highest BCUT2D eigenvalue weighted by Crippen LogP contribution is 2.40. The summed E-state index contributed by atoms with van der Waals surface area (Å²) in [7, 11) is 0. The van der Waals surface area contributed by atoms with Gasteiger partial charge in [0, 0.05) is 23.5 Å². The predicted molar refractivity (Wildman–Crippen MR) is 126 cm³/mol. The lowest BCUT2D eigenvalue weighted by molar-refractivity contribution is 0.0998. The SMILES string of the molecule is CC1COc2c(CCCCn3cnc4ccccc43)c(F)c(N)c3c(=O)c(C(=O)N=O)cn1c23. The second kappa shape index (κ2) is 8.36. The monoisotopic (exact) mass is 463 g/mol. The molecule has 0 fully saturated rings. The van der Waals surface area contributed by atoms with Crippen molar-refractivity contribution in [1.29, 1.82) is 0 Å². The number of nitrogens with two attached hydrogens (primary N) is 1. The van der Waals surface area contributed by atoms with Crippen molar-refractivity contribution in [2.75, 3.05) is 12.3 Å². The predicted octanol–water partition coefficient (Wildman–Crippen LogP) is 3.96. The number of unbranched alkanes of at least 4 members (excludes halogenated alkanes) is 1. The Balaban J connectivity index is 1.50. The minimum Gasteiger partial charge on any atom is -0.489 e. The van der Waals surface area contributed by atoms with Crippen LogP contribution in [0.5, 0.6) is 5.75 Å². The van der Waals surface area contributed by atoms with Gasteiger partial charge in [0.25, 0.3) is 0 Å².